The van der Waals surface area contributed by atoms with Gasteiger partial charge in [-0.15, -0.1) is 0 Å². The number of nitrogens with two attached hydrogens (primary N) is 1. The van der Waals surface area contributed by atoms with E-state index in [0.717, 1.165) is 0 Å². The van der Waals surface area contributed by atoms with Crippen LogP contribution in [0.5, 0.6) is 5.75 Å². The molecule has 2 aromatic rings. The highest BCUT2D eigenvalue weighted by Gasteiger charge is 2.15. The van der Waals surface area contributed by atoms with Crippen molar-refractivity contribution in [1.82, 2.24) is 15.5 Å². The Labute approximate surface area is 109 Å². The van der Waals surface area contributed by atoms with Gasteiger partial charge in [0.05, 0.1) is 7.11 Å². The van der Waals surface area contributed by atoms with Gasteiger partial charge in [0.1, 0.15) is 11.3 Å². The van der Waals surface area contributed by atoms with Gasteiger partial charge in [0.2, 0.25) is 6.39 Å². The van der Waals surface area contributed by atoms with Crippen molar-refractivity contribution in [1.29, 1.82) is 0 Å². The Morgan fingerprint density at radius 1 is 1.53 bits per heavy atom. The fourth-order valence-electron chi connectivity index (χ4n) is 1.64. The number of hydrogen-bond donors (Lipinski definition) is 2. The van der Waals surface area contributed by atoms with Gasteiger partial charge < -0.3 is 20.3 Å². The Balaban J connectivity index is 2.00. The van der Waals surface area contributed by atoms with Crippen LogP contribution in [-0.4, -0.2) is 29.7 Å². The van der Waals surface area contributed by atoms with E-state index in [-0.39, 0.29) is 5.91 Å². The number of benzene rings is 1. The van der Waals surface area contributed by atoms with E-state index in [2.05, 4.69) is 20.0 Å². The first kappa shape index (κ1) is 12.9. The molecular formula is C12H14N4O3. The molecule has 0 saturated carbocycles. The van der Waals surface area contributed by atoms with Crippen molar-refractivity contribution in [3.63, 3.8) is 0 Å². The monoisotopic (exact) mass is 262 g/mol. The van der Waals surface area contributed by atoms with Gasteiger partial charge >= 0.3 is 0 Å². The maximum Gasteiger partial charge on any atom is 0.257 e. The summed E-state index contributed by atoms with van der Waals surface area (Å²) in [7, 11) is 1.49. The summed E-state index contributed by atoms with van der Waals surface area (Å²) in [6.45, 7) is 0.385. The molecule has 3 N–H and O–H groups in total. The molecule has 19 heavy (non-hydrogen) atoms. The highest BCUT2D eigenvalue weighted by atomic mass is 16.5. The van der Waals surface area contributed by atoms with Crippen LogP contribution in [0.3, 0.4) is 0 Å². The van der Waals surface area contributed by atoms with E-state index in [9.17, 15) is 4.79 Å². The number of carbonyl (C=O) groups is 1. The zero-order valence-corrected chi connectivity index (χ0v) is 10.4. The van der Waals surface area contributed by atoms with Crippen molar-refractivity contribution in [3.8, 4) is 5.75 Å². The Bertz CT molecular complexity index is 554. The number of ether oxygens (including phenoxy) is 1. The lowest BCUT2D eigenvalue weighted by molar-refractivity contribution is 0.0952. The van der Waals surface area contributed by atoms with Crippen molar-refractivity contribution in [2.75, 3.05) is 19.4 Å². The molecule has 1 aromatic carbocycles. The summed E-state index contributed by atoms with van der Waals surface area (Å²) in [5, 5.41) is 6.38. The van der Waals surface area contributed by atoms with Crippen LogP contribution in [0.15, 0.2) is 29.1 Å². The molecule has 0 aliphatic rings. The first-order valence-corrected chi connectivity index (χ1v) is 5.68. The van der Waals surface area contributed by atoms with E-state index in [1.54, 1.807) is 18.2 Å². The summed E-state index contributed by atoms with van der Waals surface area (Å²) in [6, 6.07) is 5.06. The van der Waals surface area contributed by atoms with E-state index in [0.29, 0.717) is 35.8 Å². The zero-order valence-electron chi connectivity index (χ0n) is 10.4. The molecule has 0 aliphatic carbocycles. The summed E-state index contributed by atoms with van der Waals surface area (Å²) in [6.07, 6.45) is 1.73. The SMILES string of the molecule is COc1cccc(N)c1C(=O)NCCc1ncon1. The van der Waals surface area contributed by atoms with Crippen molar-refractivity contribution < 1.29 is 14.1 Å². The third kappa shape index (κ3) is 3.01. The van der Waals surface area contributed by atoms with Crippen LogP contribution < -0.4 is 15.8 Å². The average molecular weight is 262 g/mol. The van der Waals surface area contributed by atoms with Crippen LogP contribution in [0.4, 0.5) is 5.69 Å². The predicted molar refractivity (Wildman–Crippen MR) is 67.7 cm³/mol. The Kier molecular flexibility index (Phi) is 3.97. The second-order valence-corrected chi connectivity index (χ2v) is 3.78. The lowest BCUT2D eigenvalue weighted by atomic mass is 10.1. The van der Waals surface area contributed by atoms with Crippen molar-refractivity contribution in [3.05, 3.63) is 36.0 Å². The quantitative estimate of drug-likeness (QED) is 0.766. The average Bonchev–Trinajstić information content (AvgIpc) is 2.91. The summed E-state index contributed by atoms with van der Waals surface area (Å²) in [5.41, 5.74) is 6.49. The van der Waals surface area contributed by atoms with E-state index in [4.69, 9.17) is 10.5 Å². The molecule has 1 heterocycles. The van der Waals surface area contributed by atoms with Crippen LogP contribution in [0.2, 0.25) is 0 Å². The molecule has 0 unspecified atom stereocenters. The number of methoxy groups -OCH3 is 1. The standard InChI is InChI=1S/C12H14N4O3/c1-18-9-4-2-3-8(13)11(9)12(17)14-6-5-10-15-7-19-16-10/h2-4,7H,5-6,13H2,1H3,(H,14,17). The second-order valence-electron chi connectivity index (χ2n) is 3.78. The van der Waals surface area contributed by atoms with E-state index in [1.807, 2.05) is 0 Å². The normalized spacial score (nSPS) is 10.2. The van der Waals surface area contributed by atoms with E-state index in [1.165, 1.54) is 13.5 Å². The van der Waals surface area contributed by atoms with Crippen LogP contribution >= 0.6 is 0 Å². The van der Waals surface area contributed by atoms with Crippen molar-refractivity contribution in [2.45, 2.75) is 6.42 Å². The molecule has 0 atom stereocenters. The molecule has 0 fully saturated rings. The highest BCUT2D eigenvalue weighted by Crippen LogP contribution is 2.23. The maximum atomic E-state index is 12.0. The largest absolute Gasteiger partial charge is 0.496 e. The van der Waals surface area contributed by atoms with Gasteiger partial charge in [-0.2, -0.15) is 4.98 Å². The van der Waals surface area contributed by atoms with Gasteiger partial charge in [0.25, 0.3) is 5.91 Å². The van der Waals surface area contributed by atoms with Crippen LogP contribution in [0, 0.1) is 0 Å². The molecule has 100 valence electrons. The molecule has 0 saturated heterocycles. The lowest BCUT2D eigenvalue weighted by Gasteiger charge is -2.10. The molecule has 0 spiro atoms. The van der Waals surface area contributed by atoms with Gasteiger partial charge in [-0.1, -0.05) is 11.2 Å². The predicted octanol–water partition coefficient (Wildman–Crippen LogP) is 0.633. The fraction of sp³-hybridized carbons (Fsp3) is 0.250. The molecule has 0 radical (unpaired) electrons. The van der Waals surface area contributed by atoms with Crippen molar-refractivity contribution in [2.24, 2.45) is 0 Å². The zero-order chi connectivity index (χ0) is 13.7. The molecule has 1 amide bonds. The Morgan fingerprint density at radius 2 is 2.37 bits per heavy atom. The second kappa shape index (κ2) is 5.85. The maximum absolute atomic E-state index is 12.0. The number of rotatable bonds is 5. The van der Waals surface area contributed by atoms with Gasteiger partial charge in [-0.05, 0) is 12.1 Å². The first-order chi connectivity index (χ1) is 9.22. The van der Waals surface area contributed by atoms with E-state index >= 15 is 0 Å². The summed E-state index contributed by atoms with van der Waals surface area (Å²) in [5.74, 6) is 0.684. The number of hydrogen-bond acceptors (Lipinski definition) is 6. The lowest BCUT2D eigenvalue weighted by Crippen LogP contribution is -2.27. The molecule has 1 aromatic heterocycles. The fourth-order valence-corrected chi connectivity index (χ4v) is 1.64. The number of carbonyl (C=O) groups excluding carboxylic acids is 1. The van der Waals surface area contributed by atoms with Crippen LogP contribution in [0.1, 0.15) is 16.2 Å². The molecular weight excluding hydrogens is 248 g/mol. The molecule has 7 nitrogen and oxygen atoms in total. The summed E-state index contributed by atoms with van der Waals surface area (Å²) in [4.78, 5) is 15.9. The minimum Gasteiger partial charge on any atom is -0.496 e. The number of aromatic nitrogens is 2. The number of anilines is 1. The third-order valence-corrected chi connectivity index (χ3v) is 2.55. The van der Waals surface area contributed by atoms with Crippen molar-refractivity contribution >= 4 is 11.6 Å². The van der Waals surface area contributed by atoms with Crippen LogP contribution in [-0.2, 0) is 6.42 Å². The van der Waals surface area contributed by atoms with Gasteiger partial charge in [-0.3, -0.25) is 4.79 Å². The topological polar surface area (TPSA) is 103 Å². The molecule has 7 heteroatoms. The smallest absolute Gasteiger partial charge is 0.257 e. The Hall–Kier alpha value is -2.57. The number of nitrogen functional groups attached to an aromatic ring is 1. The number of nitrogens with zero attached hydrogens (tertiary/aromatic N) is 2. The first-order valence-electron chi connectivity index (χ1n) is 5.68. The third-order valence-electron chi connectivity index (χ3n) is 2.55. The van der Waals surface area contributed by atoms with Gasteiger partial charge in [0.15, 0.2) is 5.82 Å². The number of amides is 1. The van der Waals surface area contributed by atoms with Gasteiger partial charge in [-0.25, -0.2) is 0 Å². The molecule has 0 aliphatic heterocycles. The van der Waals surface area contributed by atoms with Crippen LogP contribution in [0.25, 0.3) is 0 Å². The molecule has 2 rings (SSSR count). The molecule has 0 bridgehead atoms. The minimum atomic E-state index is -0.293. The summed E-state index contributed by atoms with van der Waals surface area (Å²) >= 11 is 0. The Morgan fingerprint density at radius 3 is 3.05 bits per heavy atom. The number of nitrogens with one attached hydrogen (secondary N) is 1. The van der Waals surface area contributed by atoms with E-state index < -0.39 is 0 Å². The minimum absolute atomic E-state index is 0.293. The van der Waals surface area contributed by atoms with Gasteiger partial charge in [0, 0.05) is 18.7 Å². The highest BCUT2D eigenvalue weighted by molar-refractivity contribution is 6.01. The summed E-state index contributed by atoms with van der Waals surface area (Å²) < 4.78 is 9.72.